The van der Waals surface area contributed by atoms with Crippen LogP contribution in [-0.2, 0) is 16.1 Å². The molecule has 130 valence electrons. The van der Waals surface area contributed by atoms with E-state index < -0.39 is 0 Å². The molecule has 26 heavy (non-hydrogen) atoms. The van der Waals surface area contributed by atoms with E-state index in [-0.39, 0.29) is 24.2 Å². The molecule has 2 aromatic carbocycles. The maximum Gasteiger partial charge on any atom is 0.229 e. The number of anilines is 1. The molecule has 1 atom stereocenters. The molecule has 3 aromatic rings. The predicted octanol–water partition coefficient (Wildman–Crippen LogP) is 3.22. The lowest BCUT2D eigenvalue weighted by atomic mass is 10.1. The maximum absolute atomic E-state index is 12.6. The fraction of sp³-hybridized carbons (Fsp3) is 0.190. The van der Waals surface area contributed by atoms with Crippen LogP contribution in [0.15, 0.2) is 66.9 Å². The summed E-state index contributed by atoms with van der Waals surface area (Å²) in [6, 6.07) is 19.5. The number of para-hydroxylation sites is 1. The van der Waals surface area contributed by atoms with E-state index in [2.05, 4.69) is 10.3 Å². The maximum atomic E-state index is 12.6. The van der Waals surface area contributed by atoms with Crippen LogP contribution in [0.5, 0.6) is 0 Å². The van der Waals surface area contributed by atoms with Gasteiger partial charge in [0.1, 0.15) is 0 Å². The minimum absolute atomic E-state index is 0.0191. The van der Waals surface area contributed by atoms with Crippen LogP contribution in [0.25, 0.3) is 10.9 Å². The number of pyridine rings is 1. The van der Waals surface area contributed by atoms with Crippen molar-refractivity contribution in [3.05, 3.63) is 72.4 Å². The van der Waals surface area contributed by atoms with E-state index in [1.54, 1.807) is 11.1 Å². The summed E-state index contributed by atoms with van der Waals surface area (Å²) in [6.07, 6.45) is 1.90. The fourth-order valence-electron chi connectivity index (χ4n) is 3.29. The summed E-state index contributed by atoms with van der Waals surface area (Å²) in [5, 5.41) is 3.87. The average Bonchev–Trinajstić information content (AvgIpc) is 3.03. The largest absolute Gasteiger partial charge is 0.338 e. The molecule has 0 spiro atoms. The van der Waals surface area contributed by atoms with Gasteiger partial charge in [-0.25, -0.2) is 0 Å². The number of amides is 2. The second-order valence-electron chi connectivity index (χ2n) is 6.57. The van der Waals surface area contributed by atoms with Crippen LogP contribution >= 0.6 is 0 Å². The Balaban J connectivity index is 1.42. The van der Waals surface area contributed by atoms with Crippen LogP contribution in [0.2, 0.25) is 0 Å². The van der Waals surface area contributed by atoms with Gasteiger partial charge < -0.3 is 10.2 Å². The van der Waals surface area contributed by atoms with Gasteiger partial charge in [0.2, 0.25) is 11.8 Å². The molecular formula is C21H19N3O2. The Labute approximate surface area is 151 Å². The first kappa shape index (κ1) is 16.3. The van der Waals surface area contributed by atoms with Crippen LogP contribution in [0, 0.1) is 5.92 Å². The summed E-state index contributed by atoms with van der Waals surface area (Å²) < 4.78 is 0. The fourth-order valence-corrected chi connectivity index (χ4v) is 3.29. The quantitative estimate of drug-likeness (QED) is 0.790. The number of fused-ring (bicyclic) bond motifs is 1. The third-order valence-corrected chi connectivity index (χ3v) is 4.66. The Morgan fingerprint density at radius 3 is 2.73 bits per heavy atom. The van der Waals surface area contributed by atoms with Gasteiger partial charge in [0.05, 0.1) is 23.3 Å². The Morgan fingerprint density at radius 2 is 1.88 bits per heavy atom. The standard InChI is InChI=1S/C21H19N3O2/c25-20-11-17(14-24(20)13-15-6-2-1-3-7-15)21(26)23-18-10-16-8-4-5-9-19(16)22-12-18/h1-10,12,17H,11,13-14H2,(H,23,26). The molecule has 0 radical (unpaired) electrons. The van der Waals surface area contributed by atoms with Gasteiger partial charge in [0.25, 0.3) is 0 Å². The summed E-state index contributed by atoms with van der Waals surface area (Å²) >= 11 is 0. The number of hydrogen-bond acceptors (Lipinski definition) is 3. The van der Waals surface area contributed by atoms with Crippen molar-refractivity contribution >= 4 is 28.4 Å². The van der Waals surface area contributed by atoms with Gasteiger partial charge in [0.15, 0.2) is 0 Å². The van der Waals surface area contributed by atoms with E-state index in [4.69, 9.17) is 0 Å². The van der Waals surface area contributed by atoms with Gasteiger partial charge in [-0.05, 0) is 17.7 Å². The minimum Gasteiger partial charge on any atom is -0.338 e. The third kappa shape index (κ3) is 3.42. The number of hydrogen-bond donors (Lipinski definition) is 1. The monoisotopic (exact) mass is 345 g/mol. The van der Waals surface area contributed by atoms with E-state index in [0.29, 0.717) is 18.8 Å². The molecule has 1 saturated heterocycles. The van der Waals surface area contributed by atoms with Crippen molar-refractivity contribution < 1.29 is 9.59 Å². The van der Waals surface area contributed by atoms with Crippen LogP contribution in [0.1, 0.15) is 12.0 Å². The summed E-state index contributed by atoms with van der Waals surface area (Å²) in [5.74, 6) is -0.450. The number of benzene rings is 2. The normalized spacial score (nSPS) is 16.8. The van der Waals surface area contributed by atoms with Crippen molar-refractivity contribution in [2.24, 2.45) is 5.92 Å². The SMILES string of the molecule is O=C(Nc1cnc2ccccc2c1)C1CC(=O)N(Cc2ccccc2)C1. The summed E-state index contributed by atoms with van der Waals surface area (Å²) in [6.45, 7) is 0.988. The highest BCUT2D eigenvalue weighted by molar-refractivity contribution is 5.98. The van der Waals surface area contributed by atoms with Crippen LogP contribution in [0.4, 0.5) is 5.69 Å². The molecular weight excluding hydrogens is 326 g/mol. The zero-order chi connectivity index (χ0) is 17.9. The number of carbonyl (C=O) groups is 2. The van der Waals surface area contributed by atoms with E-state index in [1.807, 2.05) is 60.7 Å². The van der Waals surface area contributed by atoms with Crippen molar-refractivity contribution in [1.29, 1.82) is 0 Å². The van der Waals surface area contributed by atoms with E-state index in [0.717, 1.165) is 16.5 Å². The van der Waals surface area contributed by atoms with Crippen molar-refractivity contribution in [1.82, 2.24) is 9.88 Å². The molecule has 0 aliphatic carbocycles. The number of carbonyl (C=O) groups excluding carboxylic acids is 2. The molecule has 2 heterocycles. The summed E-state index contributed by atoms with van der Waals surface area (Å²) in [7, 11) is 0. The van der Waals surface area contributed by atoms with Gasteiger partial charge in [-0.2, -0.15) is 0 Å². The Morgan fingerprint density at radius 1 is 1.12 bits per heavy atom. The van der Waals surface area contributed by atoms with Gasteiger partial charge >= 0.3 is 0 Å². The molecule has 4 rings (SSSR count). The zero-order valence-electron chi connectivity index (χ0n) is 14.3. The van der Waals surface area contributed by atoms with Crippen molar-refractivity contribution in [3.63, 3.8) is 0 Å². The molecule has 5 nitrogen and oxygen atoms in total. The topological polar surface area (TPSA) is 62.3 Å². The highest BCUT2D eigenvalue weighted by Gasteiger charge is 2.34. The molecule has 0 bridgehead atoms. The molecule has 2 amide bonds. The van der Waals surface area contributed by atoms with Crippen LogP contribution in [0.3, 0.4) is 0 Å². The van der Waals surface area contributed by atoms with Crippen molar-refractivity contribution in [3.8, 4) is 0 Å². The Kier molecular flexibility index (Phi) is 4.35. The molecule has 1 aliphatic rings. The molecule has 1 aromatic heterocycles. The van der Waals surface area contributed by atoms with Gasteiger partial charge in [-0.1, -0.05) is 48.5 Å². The Hall–Kier alpha value is -3.21. The van der Waals surface area contributed by atoms with Crippen molar-refractivity contribution in [2.75, 3.05) is 11.9 Å². The van der Waals surface area contributed by atoms with Crippen LogP contribution < -0.4 is 5.32 Å². The second-order valence-corrected chi connectivity index (χ2v) is 6.57. The lowest BCUT2D eigenvalue weighted by Gasteiger charge is -2.16. The summed E-state index contributed by atoms with van der Waals surface area (Å²) in [5.41, 5.74) is 2.61. The summed E-state index contributed by atoms with van der Waals surface area (Å²) in [4.78, 5) is 30.9. The highest BCUT2D eigenvalue weighted by Crippen LogP contribution is 2.23. The van der Waals surface area contributed by atoms with E-state index in [1.165, 1.54) is 0 Å². The number of aromatic nitrogens is 1. The number of rotatable bonds is 4. The van der Waals surface area contributed by atoms with E-state index >= 15 is 0 Å². The van der Waals surface area contributed by atoms with Crippen molar-refractivity contribution in [2.45, 2.75) is 13.0 Å². The number of nitrogens with one attached hydrogen (secondary N) is 1. The third-order valence-electron chi connectivity index (χ3n) is 4.66. The smallest absolute Gasteiger partial charge is 0.229 e. The molecule has 1 aliphatic heterocycles. The lowest BCUT2D eigenvalue weighted by molar-refractivity contribution is -0.128. The molecule has 1 N–H and O–H groups in total. The predicted molar refractivity (Wildman–Crippen MR) is 100 cm³/mol. The first-order valence-electron chi connectivity index (χ1n) is 8.66. The van der Waals surface area contributed by atoms with Gasteiger partial charge in [-0.15, -0.1) is 0 Å². The lowest BCUT2D eigenvalue weighted by Crippen LogP contribution is -2.28. The molecule has 1 unspecified atom stereocenters. The average molecular weight is 345 g/mol. The van der Waals surface area contributed by atoms with E-state index in [9.17, 15) is 9.59 Å². The molecule has 1 fully saturated rings. The number of nitrogens with zero attached hydrogens (tertiary/aromatic N) is 2. The minimum atomic E-state index is -0.335. The molecule has 0 saturated carbocycles. The van der Waals surface area contributed by atoms with Gasteiger partial charge in [-0.3, -0.25) is 14.6 Å². The first-order valence-corrected chi connectivity index (χ1v) is 8.66. The number of likely N-dealkylation sites (tertiary alicyclic amines) is 1. The highest BCUT2D eigenvalue weighted by atomic mass is 16.2. The first-order chi connectivity index (χ1) is 12.7. The van der Waals surface area contributed by atoms with Gasteiger partial charge in [0, 0.05) is 24.9 Å². The zero-order valence-corrected chi connectivity index (χ0v) is 14.3. The van der Waals surface area contributed by atoms with Crippen LogP contribution in [-0.4, -0.2) is 28.2 Å². The second kappa shape index (κ2) is 6.96. The Bertz CT molecular complexity index is 956. The molecule has 5 heteroatoms.